The van der Waals surface area contributed by atoms with E-state index < -0.39 is 23.9 Å². The van der Waals surface area contributed by atoms with Crippen LogP contribution in [-0.4, -0.2) is 32.4 Å². The number of nitro groups is 1. The highest BCUT2D eigenvalue weighted by atomic mass is 79.9. The van der Waals surface area contributed by atoms with Crippen molar-refractivity contribution in [3.05, 3.63) is 44.3 Å². The number of pyridine rings is 1. The van der Waals surface area contributed by atoms with E-state index in [0.717, 1.165) is 0 Å². The molecule has 1 aliphatic heterocycles. The lowest BCUT2D eigenvalue weighted by Gasteiger charge is -2.15. The summed E-state index contributed by atoms with van der Waals surface area (Å²) in [5, 5.41) is 16.1. The molecule has 12 heteroatoms. The first-order valence-electron chi connectivity index (χ1n) is 7.09. The molecule has 3 heterocycles. The number of hydrogen-bond donors (Lipinski definition) is 2. The Morgan fingerprint density at radius 2 is 2.28 bits per heavy atom. The van der Waals surface area contributed by atoms with Gasteiger partial charge in [0.15, 0.2) is 0 Å². The van der Waals surface area contributed by atoms with Gasteiger partial charge < -0.3 is 4.90 Å². The predicted molar refractivity (Wildman–Crippen MR) is 83.8 cm³/mol. The van der Waals surface area contributed by atoms with Gasteiger partial charge in [0.25, 0.3) is 6.43 Å². The van der Waals surface area contributed by atoms with Crippen molar-refractivity contribution >= 4 is 33.5 Å². The molecule has 0 saturated carbocycles. The van der Waals surface area contributed by atoms with Gasteiger partial charge in [0, 0.05) is 6.07 Å². The number of amides is 2. The van der Waals surface area contributed by atoms with Crippen molar-refractivity contribution in [2.75, 3.05) is 5.32 Å². The molecule has 0 saturated heterocycles. The largest absolute Gasteiger partial charge is 0.324 e. The number of urea groups is 1. The standard InChI is InChI=1S/C13H11BrF2N6O3/c14-10-2-1-8(22(24)25)12(18-10)19-13(23)20-4-7-3-17-21(6-11(15)16)9(7)5-20/h1-3,11H,4-6H2,(H,18,19,23)/p+1. The maximum absolute atomic E-state index is 12.6. The average molecular weight is 418 g/mol. The summed E-state index contributed by atoms with van der Waals surface area (Å²) in [4.78, 5) is 28.0. The van der Waals surface area contributed by atoms with E-state index >= 15 is 0 Å². The molecule has 0 bridgehead atoms. The van der Waals surface area contributed by atoms with Crippen LogP contribution in [-0.2, 0) is 19.6 Å². The molecule has 9 nitrogen and oxygen atoms in total. The summed E-state index contributed by atoms with van der Waals surface area (Å²) in [5.74, 6) is -0.192. The van der Waals surface area contributed by atoms with E-state index in [-0.39, 0.29) is 24.6 Å². The van der Waals surface area contributed by atoms with Crippen molar-refractivity contribution < 1.29 is 23.2 Å². The summed E-state index contributed by atoms with van der Waals surface area (Å²) in [6.45, 7) is -0.182. The van der Waals surface area contributed by atoms with Crippen LogP contribution in [0.25, 0.3) is 0 Å². The molecule has 0 fully saturated rings. The summed E-state index contributed by atoms with van der Waals surface area (Å²) in [7, 11) is 0. The van der Waals surface area contributed by atoms with Crippen LogP contribution in [0.5, 0.6) is 0 Å². The van der Waals surface area contributed by atoms with Crippen molar-refractivity contribution in [3.8, 4) is 0 Å². The Hall–Kier alpha value is -2.63. The van der Waals surface area contributed by atoms with E-state index in [9.17, 15) is 23.7 Å². The maximum Gasteiger partial charge on any atom is 0.324 e. The topological polar surface area (TPSA) is 108 Å². The number of halogens is 3. The Morgan fingerprint density at radius 1 is 1.52 bits per heavy atom. The lowest BCUT2D eigenvalue weighted by Crippen LogP contribution is -2.43. The highest BCUT2D eigenvalue weighted by molar-refractivity contribution is 9.10. The Bertz CT molecular complexity index is 843. The SMILES string of the molecule is O=C(Nc1nc(Br)ccc1[N+](=O)[O-])N1Cc2c[nH][n+](CC(F)F)c2C1. The van der Waals surface area contributed by atoms with E-state index in [1.165, 1.54) is 21.7 Å². The number of alkyl halides is 2. The van der Waals surface area contributed by atoms with Gasteiger partial charge in [0.05, 0.1) is 23.2 Å². The van der Waals surface area contributed by atoms with Crippen LogP contribution in [0.3, 0.4) is 0 Å². The number of aromatic amines is 1. The van der Waals surface area contributed by atoms with Crippen molar-refractivity contribution in [2.24, 2.45) is 0 Å². The second-order valence-electron chi connectivity index (χ2n) is 5.29. The number of anilines is 1. The van der Waals surface area contributed by atoms with Crippen LogP contribution in [0.4, 0.5) is 25.1 Å². The molecule has 0 radical (unpaired) electrons. The van der Waals surface area contributed by atoms with E-state index in [1.807, 2.05) is 0 Å². The Balaban J connectivity index is 1.75. The molecule has 0 atom stereocenters. The third-order valence-electron chi connectivity index (χ3n) is 3.66. The van der Waals surface area contributed by atoms with Crippen molar-refractivity contribution in [2.45, 2.75) is 26.1 Å². The van der Waals surface area contributed by atoms with E-state index in [4.69, 9.17) is 0 Å². The Morgan fingerprint density at radius 3 is 2.96 bits per heavy atom. The van der Waals surface area contributed by atoms with Gasteiger partial charge in [0.1, 0.15) is 11.1 Å². The molecular formula is C13H12BrF2N6O3+. The first-order chi connectivity index (χ1) is 11.8. The first-order valence-corrected chi connectivity index (χ1v) is 7.88. The summed E-state index contributed by atoms with van der Waals surface area (Å²) in [5.41, 5.74) is 0.948. The van der Waals surface area contributed by atoms with Crippen LogP contribution < -0.4 is 10.00 Å². The second-order valence-corrected chi connectivity index (χ2v) is 6.10. The van der Waals surface area contributed by atoms with Crippen LogP contribution in [0.15, 0.2) is 22.9 Å². The number of nitrogens with zero attached hydrogens (tertiary/aromatic N) is 4. The normalized spacial score (nSPS) is 13.2. The van der Waals surface area contributed by atoms with Gasteiger partial charge in [-0.25, -0.2) is 18.6 Å². The molecule has 132 valence electrons. The smallest absolute Gasteiger partial charge is 0.309 e. The van der Waals surface area contributed by atoms with Crippen LogP contribution >= 0.6 is 15.9 Å². The molecule has 2 N–H and O–H groups in total. The van der Waals surface area contributed by atoms with Gasteiger partial charge >= 0.3 is 11.7 Å². The minimum Gasteiger partial charge on any atom is -0.309 e. The lowest BCUT2D eigenvalue weighted by atomic mass is 10.3. The van der Waals surface area contributed by atoms with Gasteiger partial charge in [-0.15, -0.1) is 4.68 Å². The minimum atomic E-state index is -2.52. The number of nitrogens with one attached hydrogen (secondary N) is 2. The molecule has 0 aliphatic carbocycles. The predicted octanol–water partition coefficient (Wildman–Crippen LogP) is 2.18. The van der Waals surface area contributed by atoms with Crippen molar-refractivity contribution in [1.29, 1.82) is 0 Å². The third-order valence-corrected chi connectivity index (χ3v) is 4.10. The molecule has 2 aromatic rings. The van der Waals surface area contributed by atoms with E-state index in [2.05, 4.69) is 31.3 Å². The fourth-order valence-electron chi connectivity index (χ4n) is 2.55. The highest BCUT2D eigenvalue weighted by Gasteiger charge is 2.34. The zero-order chi connectivity index (χ0) is 18.1. The second kappa shape index (κ2) is 6.70. The molecule has 25 heavy (non-hydrogen) atoms. The van der Waals surface area contributed by atoms with Crippen molar-refractivity contribution in [3.63, 3.8) is 0 Å². The maximum atomic E-state index is 12.6. The number of hydrogen-bond acceptors (Lipinski definition) is 4. The molecule has 1 aliphatic rings. The van der Waals surface area contributed by atoms with E-state index in [0.29, 0.717) is 15.9 Å². The van der Waals surface area contributed by atoms with Gasteiger partial charge in [-0.2, -0.15) is 5.10 Å². The monoisotopic (exact) mass is 417 g/mol. The molecule has 0 aromatic carbocycles. The first kappa shape index (κ1) is 17.2. The fourth-order valence-corrected chi connectivity index (χ4v) is 2.86. The van der Waals surface area contributed by atoms with Gasteiger partial charge in [0.2, 0.25) is 18.1 Å². The van der Waals surface area contributed by atoms with Gasteiger partial charge in [-0.3, -0.25) is 15.4 Å². The number of carbonyl (C=O) groups excluding carboxylic acids is 1. The Labute approximate surface area is 147 Å². The number of fused-ring (bicyclic) bond motifs is 1. The third kappa shape index (κ3) is 3.57. The summed E-state index contributed by atoms with van der Waals surface area (Å²) >= 11 is 3.09. The Kier molecular flexibility index (Phi) is 4.61. The van der Waals surface area contributed by atoms with Crippen molar-refractivity contribution in [1.82, 2.24) is 15.0 Å². The molecule has 3 rings (SSSR count). The molecule has 2 amide bonds. The number of carbonyl (C=O) groups is 1. The van der Waals surface area contributed by atoms with Gasteiger partial charge in [-0.1, -0.05) is 0 Å². The number of rotatable bonds is 4. The molecule has 0 unspecified atom stereocenters. The zero-order valence-electron chi connectivity index (χ0n) is 12.6. The highest BCUT2D eigenvalue weighted by Crippen LogP contribution is 2.26. The fraction of sp³-hybridized carbons (Fsp3) is 0.308. The van der Waals surface area contributed by atoms with Gasteiger partial charge in [-0.05, 0) is 22.0 Å². The summed E-state index contributed by atoms with van der Waals surface area (Å²) in [6.07, 6.45) is -0.964. The molecule has 2 aromatic heterocycles. The molecule has 0 spiro atoms. The average Bonchev–Trinajstić information content (AvgIpc) is 3.08. The quantitative estimate of drug-likeness (QED) is 0.344. The summed E-state index contributed by atoms with van der Waals surface area (Å²) < 4.78 is 26.7. The van der Waals surface area contributed by atoms with Crippen LogP contribution in [0.1, 0.15) is 11.3 Å². The van der Waals surface area contributed by atoms with Crippen LogP contribution in [0.2, 0.25) is 0 Å². The number of aromatic nitrogens is 3. The van der Waals surface area contributed by atoms with E-state index in [1.54, 1.807) is 6.20 Å². The zero-order valence-corrected chi connectivity index (χ0v) is 14.2. The molecular weight excluding hydrogens is 406 g/mol. The lowest BCUT2D eigenvalue weighted by molar-refractivity contribution is -0.763. The van der Waals surface area contributed by atoms with Crippen LogP contribution in [0, 0.1) is 10.1 Å². The minimum absolute atomic E-state index is 0.110. The number of H-pyrrole nitrogens is 1. The summed E-state index contributed by atoms with van der Waals surface area (Å²) in [6, 6.07) is 2.01.